The van der Waals surface area contributed by atoms with E-state index in [1.165, 1.54) is 18.5 Å². The molecule has 0 unspecified atom stereocenters. The maximum Gasteiger partial charge on any atom is 0.417 e. The lowest BCUT2D eigenvalue weighted by atomic mass is 10.2. The van der Waals surface area contributed by atoms with Crippen LogP contribution in [-0.4, -0.2) is 19.2 Å². The standard InChI is InChI=1S/C17H18N2O2.ClH/c20-17(21-16-6-2-1-3-7-16)18-14-8-10-15(11-9-14)19-12-4-5-13-19;/h1-3,6-11H,4-5,12-13H2,(H,18,20);1H. The fourth-order valence-electron chi connectivity index (χ4n) is 2.47. The summed E-state index contributed by atoms with van der Waals surface area (Å²) >= 11 is 0. The number of nitrogens with one attached hydrogen (secondary N) is 1. The molecule has 116 valence electrons. The third-order valence-corrected chi connectivity index (χ3v) is 3.54. The molecule has 1 aliphatic rings. The second-order valence-electron chi connectivity index (χ2n) is 5.07. The van der Waals surface area contributed by atoms with Gasteiger partial charge >= 0.3 is 6.09 Å². The van der Waals surface area contributed by atoms with Gasteiger partial charge in [0.1, 0.15) is 5.75 Å². The second-order valence-corrected chi connectivity index (χ2v) is 5.07. The molecule has 3 rings (SSSR count). The number of carbonyl (C=O) groups is 1. The monoisotopic (exact) mass is 318 g/mol. The Morgan fingerprint density at radius 3 is 2.23 bits per heavy atom. The molecule has 2 aromatic carbocycles. The van der Waals surface area contributed by atoms with E-state index in [0.717, 1.165) is 18.8 Å². The van der Waals surface area contributed by atoms with E-state index in [0.29, 0.717) is 5.75 Å². The van der Waals surface area contributed by atoms with Crippen LogP contribution in [-0.2, 0) is 0 Å². The highest BCUT2D eigenvalue weighted by Gasteiger charge is 2.12. The van der Waals surface area contributed by atoms with Gasteiger partial charge < -0.3 is 9.64 Å². The molecule has 5 heteroatoms. The van der Waals surface area contributed by atoms with E-state index in [-0.39, 0.29) is 12.4 Å². The van der Waals surface area contributed by atoms with E-state index >= 15 is 0 Å². The Morgan fingerprint density at radius 1 is 0.955 bits per heavy atom. The summed E-state index contributed by atoms with van der Waals surface area (Å²) < 4.78 is 5.19. The van der Waals surface area contributed by atoms with E-state index in [4.69, 9.17) is 4.74 Å². The van der Waals surface area contributed by atoms with Crippen molar-refractivity contribution in [3.8, 4) is 5.75 Å². The first-order valence-electron chi connectivity index (χ1n) is 7.20. The zero-order chi connectivity index (χ0) is 14.5. The molecule has 1 aliphatic heterocycles. The molecule has 0 radical (unpaired) electrons. The predicted octanol–water partition coefficient (Wildman–Crippen LogP) is 4.32. The van der Waals surface area contributed by atoms with Crippen LogP contribution in [0.25, 0.3) is 0 Å². The minimum absolute atomic E-state index is 0. The third-order valence-electron chi connectivity index (χ3n) is 3.54. The van der Waals surface area contributed by atoms with Gasteiger partial charge in [-0.15, -0.1) is 12.4 Å². The molecule has 1 fully saturated rings. The van der Waals surface area contributed by atoms with E-state index in [1.807, 2.05) is 42.5 Å². The van der Waals surface area contributed by atoms with Gasteiger partial charge in [0.2, 0.25) is 0 Å². The molecular weight excluding hydrogens is 300 g/mol. The van der Waals surface area contributed by atoms with Gasteiger partial charge in [0.15, 0.2) is 0 Å². The van der Waals surface area contributed by atoms with Gasteiger partial charge in [0.25, 0.3) is 0 Å². The third kappa shape index (κ3) is 4.15. The minimum atomic E-state index is -0.477. The van der Waals surface area contributed by atoms with Crippen molar-refractivity contribution < 1.29 is 9.53 Å². The maximum atomic E-state index is 11.8. The van der Waals surface area contributed by atoms with Crippen molar-refractivity contribution in [3.63, 3.8) is 0 Å². The Bertz CT molecular complexity index is 596. The van der Waals surface area contributed by atoms with Crippen molar-refractivity contribution in [2.75, 3.05) is 23.3 Å². The maximum absolute atomic E-state index is 11.8. The van der Waals surface area contributed by atoms with Crippen LogP contribution < -0.4 is 15.0 Å². The van der Waals surface area contributed by atoms with Crippen molar-refractivity contribution in [1.82, 2.24) is 0 Å². The summed E-state index contributed by atoms with van der Waals surface area (Å²) in [6.45, 7) is 2.23. The van der Waals surface area contributed by atoms with Gasteiger partial charge in [0, 0.05) is 24.5 Å². The molecule has 0 aromatic heterocycles. The molecule has 2 aromatic rings. The molecule has 1 amide bonds. The first-order valence-corrected chi connectivity index (χ1v) is 7.20. The second kappa shape index (κ2) is 7.71. The van der Waals surface area contributed by atoms with Crippen molar-refractivity contribution >= 4 is 29.9 Å². The molecule has 22 heavy (non-hydrogen) atoms. The zero-order valence-corrected chi connectivity index (χ0v) is 13.0. The van der Waals surface area contributed by atoms with Crippen LogP contribution in [0, 0.1) is 0 Å². The van der Waals surface area contributed by atoms with Gasteiger partial charge in [-0.3, -0.25) is 5.32 Å². The van der Waals surface area contributed by atoms with Crippen molar-refractivity contribution in [2.24, 2.45) is 0 Å². The molecule has 0 aliphatic carbocycles. The minimum Gasteiger partial charge on any atom is -0.410 e. The fourth-order valence-corrected chi connectivity index (χ4v) is 2.47. The van der Waals surface area contributed by atoms with E-state index < -0.39 is 6.09 Å². The Labute approximate surface area is 136 Å². The van der Waals surface area contributed by atoms with Crippen LogP contribution in [0.15, 0.2) is 54.6 Å². The Kier molecular flexibility index (Phi) is 5.67. The number of benzene rings is 2. The van der Waals surface area contributed by atoms with Crippen LogP contribution in [0.4, 0.5) is 16.2 Å². The number of carbonyl (C=O) groups excluding carboxylic acids is 1. The number of hydrogen-bond acceptors (Lipinski definition) is 3. The number of amides is 1. The number of para-hydroxylation sites is 1. The quantitative estimate of drug-likeness (QED) is 0.916. The van der Waals surface area contributed by atoms with Crippen LogP contribution in [0.3, 0.4) is 0 Å². The van der Waals surface area contributed by atoms with Crippen LogP contribution >= 0.6 is 12.4 Å². The van der Waals surface area contributed by atoms with Gasteiger partial charge in [0.05, 0.1) is 0 Å². The van der Waals surface area contributed by atoms with E-state index in [2.05, 4.69) is 10.2 Å². The topological polar surface area (TPSA) is 41.6 Å². The fraction of sp³-hybridized carbons (Fsp3) is 0.235. The first kappa shape index (κ1) is 16.2. The summed E-state index contributed by atoms with van der Waals surface area (Å²) in [6, 6.07) is 16.9. The summed E-state index contributed by atoms with van der Waals surface area (Å²) in [5, 5.41) is 2.73. The molecule has 1 saturated heterocycles. The Hall–Kier alpha value is -2.20. The van der Waals surface area contributed by atoms with Gasteiger partial charge in [-0.2, -0.15) is 0 Å². The lowest BCUT2D eigenvalue weighted by Gasteiger charge is -2.17. The Balaban J connectivity index is 0.00000176. The number of rotatable bonds is 3. The van der Waals surface area contributed by atoms with E-state index in [9.17, 15) is 4.79 Å². The molecule has 1 N–H and O–H groups in total. The smallest absolute Gasteiger partial charge is 0.410 e. The molecular formula is C17H19ClN2O2. The van der Waals surface area contributed by atoms with Crippen LogP contribution in [0.5, 0.6) is 5.75 Å². The van der Waals surface area contributed by atoms with Crippen LogP contribution in [0.2, 0.25) is 0 Å². The van der Waals surface area contributed by atoms with Gasteiger partial charge in [-0.1, -0.05) is 18.2 Å². The van der Waals surface area contributed by atoms with Gasteiger partial charge in [-0.05, 0) is 49.2 Å². The summed E-state index contributed by atoms with van der Waals surface area (Å²) in [7, 11) is 0. The van der Waals surface area contributed by atoms with Crippen LogP contribution in [0.1, 0.15) is 12.8 Å². The highest BCUT2D eigenvalue weighted by atomic mass is 35.5. The lowest BCUT2D eigenvalue weighted by Crippen LogP contribution is -2.18. The summed E-state index contributed by atoms with van der Waals surface area (Å²) in [6.07, 6.45) is 2.03. The molecule has 0 bridgehead atoms. The van der Waals surface area contributed by atoms with E-state index in [1.54, 1.807) is 12.1 Å². The first-order chi connectivity index (χ1) is 10.3. The number of nitrogens with zero attached hydrogens (tertiary/aromatic N) is 1. The molecule has 0 spiro atoms. The largest absolute Gasteiger partial charge is 0.417 e. The summed E-state index contributed by atoms with van der Waals surface area (Å²) in [5.74, 6) is 0.531. The number of ether oxygens (including phenoxy) is 1. The van der Waals surface area contributed by atoms with Crippen molar-refractivity contribution in [3.05, 3.63) is 54.6 Å². The predicted molar refractivity (Wildman–Crippen MR) is 91.2 cm³/mol. The number of halogens is 1. The number of anilines is 2. The molecule has 0 atom stereocenters. The highest BCUT2D eigenvalue weighted by Crippen LogP contribution is 2.22. The van der Waals surface area contributed by atoms with Gasteiger partial charge in [-0.25, -0.2) is 4.79 Å². The normalized spacial score (nSPS) is 13.4. The SMILES string of the molecule is Cl.O=C(Nc1ccc(N2CCCC2)cc1)Oc1ccccc1. The summed E-state index contributed by atoms with van der Waals surface area (Å²) in [4.78, 5) is 14.1. The molecule has 0 saturated carbocycles. The van der Waals surface area contributed by atoms with Crippen molar-refractivity contribution in [2.45, 2.75) is 12.8 Å². The zero-order valence-electron chi connectivity index (χ0n) is 12.2. The van der Waals surface area contributed by atoms with Crippen molar-refractivity contribution in [1.29, 1.82) is 0 Å². The Morgan fingerprint density at radius 2 is 1.59 bits per heavy atom. The molecule has 1 heterocycles. The average molecular weight is 319 g/mol. The summed E-state index contributed by atoms with van der Waals surface area (Å²) in [5.41, 5.74) is 1.94. The lowest BCUT2D eigenvalue weighted by molar-refractivity contribution is 0.215. The molecule has 4 nitrogen and oxygen atoms in total. The highest BCUT2D eigenvalue weighted by molar-refractivity contribution is 5.86. The number of hydrogen-bond donors (Lipinski definition) is 1. The average Bonchev–Trinajstić information content (AvgIpc) is 3.03.